The Labute approximate surface area is 92.1 Å². The molecule has 0 unspecified atom stereocenters. The van der Waals surface area contributed by atoms with Gasteiger partial charge in [-0.25, -0.2) is 4.79 Å². The number of aromatic nitrogens is 4. The van der Waals surface area contributed by atoms with Crippen LogP contribution >= 0.6 is 0 Å². The number of carboxylic acids is 1. The molecule has 0 aliphatic carbocycles. The fourth-order valence-electron chi connectivity index (χ4n) is 1.65. The van der Waals surface area contributed by atoms with Crippen molar-refractivity contribution in [2.45, 2.75) is 6.92 Å². The molecule has 0 fully saturated rings. The lowest BCUT2D eigenvalue weighted by Gasteiger charge is -1.91. The number of aryl methyl sites for hydroxylation is 3. The van der Waals surface area contributed by atoms with Crippen LogP contribution in [-0.4, -0.2) is 30.6 Å². The second-order valence-corrected chi connectivity index (χ2v) is 3.65. The third kappa shape index (κ3) is 1.58. The van der Waals surface area contributed by atoms with E-state index in [9.17, 15) is 4.79 Å². The summed E-state index contributed by atoms with van der Waals surface area (Å²) >= 11 is 0. The maximum Gasteiger partial charge on any atom is 0.354 e. The van der Waals surface area contributed by atoms with E-state index >= 15 is 0 Å². The van der Waals surface area contributed by atoms with Gasteiger partial charge in [-0.3, -0.25) is 9.36 Å². The average molecular weight is 220 g/mol. The highest BCUT2D eigenvalue weighted by molar-refractivity contribution is 5.87. The molecule has 84 valence electrons. The quantitative estimate of drug-likeness (QED) is 0.813. The molecule has 0 saturated carbocycles. The van der Waals surface area contributed by atoms with E-state index in [0.29, 0.717) is 5.69 Å². The van der Waals surface area contributed by atoms with Crippen molar-refractivity contribution in [2.24, 2.45) is 14.1 Å². The van der Waals surface area contributed by atoms with E-state index in [4.69, 9.17) is 5.11 Å². The van der Waals surface area contributed by atoms with Crippen molar-refractivity contribution in [1.29, 1.82) is 0 Å². The summed E-state index contributed by atoms with van der Waals surface area (Å²) in [7, 11) is 3.43. The minimum atomic E-state index is -0.984. The van der Waals surface area contributed by atoms with Gasteiger partial charge in [-0.1, -0.05) is 0 Å². The van der Waals surface area contributed by atoms with Crippen molar-refractivity contribution < 1.29 is 9.90 Å². The molecule has 1 N–H and O–H groups in total. The summed E-state index contributed by atoms with van der Waals surface area (Å²) in [5.74, 6) is -0.984. The fourth-order valence-corrected chi connectivity index (χ4v) is 1.65. The Bertz CT molecular complexity index is 553. The highest BCUT2D eigenvalue weighted by Gasteiger charge is 2.15. The van der Waals surface area contributed by atoms with Crippen LogP contribution in [0.2, 0.25) is 0 Å². The van der Waals surface area contributed by atoms with Crippen LogP contribution in [0.15, 0.2) is 12.3 Å². The Morgan fingerprint density at radius 1 is 1.38 bits per heavy atom. The Morgan fingerprint density at radius 2 is 2.06 bits per heavy atom. The lowest BCUT2D eigenvalue weighted by atomic mass is 10.2. The summed E-state index contributed by atoms with van der Waals surface area (Å²) < 4.78 is 3.03. The van der Waals surface area contributed by atoms with Crippen LogP contribution in [0.5, 0.6) is 0 Å². The molecule has 0 aliphatic rings. The molecule has 0 atom stereocenters. The zero-order valence-electron chi connectivity index (χ0n) is 9.30. The molecule has 0 aromatic carbocycles. The van der Waals surface area contributed by atoms with Crippen LogP contribution in [0.3, 0.4) is 0 Å². The first-order valence-corrected chi connectivity index (χ1v) is 4.77. The fraction of sp³-hybridized carbons (Fsp3) is 0.300. The summed E-state index contributed by atoms with van der Waals surface area (Å²) in [5.41, 5.74) is 2.48. The summed E-state index contributed by atoms with van der Waals surface area (Å²) in [4.78, 5) is 10.9. The van der Waals surface area contributed by atoms with Gasteiger partial charge in [0.05, 0.1) is 11.4 Å². The molecule has 2 aromatic rings. The first-order chi connectivity index (χ1) is 7.49. The minimum Gasteiger partial charge on any atom is -0.477 e. The second kappa shape index (κ2) is 3.48. The molecule has 6 nitrogen and oxygen atoms in total. The summed E-state index contributed by atoms with van der Waals surface area (Å²) in [6, 6.07) is 1.55. The maximum atomic E-state index is 10.9. The number of rotatable bonds is 2. The molecule has 0 saturated heterocycles. The van der Waals surface area contributed by atoms with Gasteiger partial charge in [0.15, 0.2) is 0 Å². The van der Waals surface area contributed by atoms with Crippen molar-refractivity contribution in [3.05, 3.63) is 23.7 Å². The molecule has 2 aromatic heterocycles. The van der Waals surface area contributed by atoms with Crippen molar-refractivity contribution in [2.75, 3.05) is 0 Å². The highest BCUT2D eigenvalue weighted by atomic mass is 16.4. The van der Waals surface area contributed by atoms with E-state index in [1.807, 2.05) is 20.2 Å². The van der Waals surface area contributed by atoms with Gasteiger partial charge in [0.25, 0.3) is 0 Å². The number of carboxylic acid groups (broad SMARTS) is 1. The highest BCUT2D eigenvalue weighted by Crippen LogP contribution is 2.21. The molecule has 0 amide bonds. The Morgan fingerprint density at radius 3 is 2.50 bits per heavy atom. The van der Waals surface area contributed by atoms with E-state index in [1.54, 1.807) is 17.8 Å². The monoisotopic (exact) mass is 220 g/mol. The average Bonchev–Trinajstić information content (AvgIpc) is 2.69. The summed E-state index contributed by atoms with van der Waals surface area (Å²) in [6.07, 6.45) is 1.82. The van der Waals surface area contributed by atoms with E-state index < -0.39 is 5.97 Å². The van der Waals surface area contributed by atoms with Crippen molar-refractivity contribution >= 4 is 5.97 Å². The topological polar surface area (TPSA) is 72.9 Å². The van der Waals surface area contributed by atoms with Gasteiger partial charge in [-0.15, -0.1) is 0 Å². The van der Waals surface area contributed by atoms with Crippen LogP contribution in [0, 0.1) is 6.92 Å². The third-order valence-electron chi connectivity index (χ3n) is 2.39. The van der Waals surface area contributed by atoms with E-state index in [-0.39, 0.29) is 5.69 Å². The van der Waals surface area contributed by atoms with Crippen LogP contribution < -0.4 is 0 Å². The van der Waals surface area contributed by atoms with Crippen LogP contribution in [0.25, 0.3) is 11.3 Å². The van der Waals surface area contributed by atoms with Gasteiger partial charge >= 0.3 is 5.97 Å². The maximum absolute atomic E-state index is 10.9. The molecular weight excluding hydrogens is 208 g/mol. The van der Waals surface area contributed by atoms with Crippen LogP contribution in [-0.2, 0) is 14.1 Å². The van der Waals surface area contributed by atoms with E-state index in [0.717, 1.165) is 11.3 Å². The van der Waals surface area contributed by atoms with Crippen molar-refractivity contribution in [3.8, 4) is 11.3 Å². The third-order valence-corrected chi connectivity index (χ3v) is 2.39. The predicted molar refractivity (Wildman–Crippen MR) is 57.1 cm³/mol. The zero-order valence-corrected chi connectivity index (χ0v) is 9.30. The molecule has 6 heteroatoms. The molecule has 2 rings (SSSR count). The van der Waals surface area contributed by atoms with Crippen LogP contribution in [0.4, 0.5) is 0 Å². The first-order valence-electron chi connectivity index (χ1n) is 4.77. The summed E-state index contributed by atoms with van der Waals surface area (Å²) in [6.45, 7) is 1.87. The molecule has 0 radical (unpaired) electrons. The summed E-state index contributed by atoms with van der Waals surface area (Å²) in [5, 5.41) is 17.3. The molecule has 0 aliphatic heterocycles. The number of nitrogens with zero attached hydrogens (tertiary/aromatic N) is 4. The Hall–Kier alpha value is -2.11. The predicted octanol–water partition coefficient (Wildman–Crippen LogP) is 0.827. The Kier molecular flexibility index (Phi) is 2.26. The standard InChI is InChI=1S/C10H12N4O2/c1-6-7(5-13(2)11-6)8-4-9(10(15)16)14(3)12-8/h4-5H,1-3H3,(H,15,16). The minimum absolute atomic E-state index is 0.165. The molecular formula is C10H12N4O2. The molecule has 0 bridgehead atoms. The smallest absolute Gasteiger partial charge is 0.354 e. The number of aromatic carboxylic acids is 1. The van der Waals surface area contributed by atoms with Gasteiger partial charge in [0, 0.05) is 25.9 Å². The second-order valence-electron chi connectivity index (χ2n) is 3.65. The van der Waals surface area contributed by atoms with Gasteiger partial charge in [0.1, 0.15) is 5.69 Å². The van der Waals surface area contributed by atoms with Gasteiger partial charge < -0.3 is 5.11 Å². The van der Waals surface area contributed by atoms with Gasteiger partial charge in [-0.2, -0.15) is 10.2 Å². The molecule has 2 heterocycles. The lowest BCUT2D eigenvalue weighted by Crippen LogP contribution is -2.04. The number of hydrogen-bond acceptors (Lipinski definition) is 3. The van der Waals surface area contributed by atoms with Crippen molar-refractivity contribution in [3.63, 3.8) is 0 Å². The first kappa shape index (κ1) is 10.4. The molecule has 0 spiro atoms. The number of carbonyl (C=O) groups is 1. The largest absolute Gasteiger partial charge is 0.477 e. The SMILES string of the molecule is Cc1nn(C)cc1-c1cc(C(=O)O)n(C)n1. The number of hydrogen-bond donors (Lipinski definition) is 1. The van der Waals surface area contributed by atoms with Gasteiger partial charge in [-0.05, 0) is 13.0 Å². The van der Waals surface area contributed by atoms with E-state index in [1.165, 1.54) is 4.68 Å². The Balaban J connectivity index is 2.53. The van der Waals surface area contributed by atoms with E-state index in [2.05, 4.69) is 10.2 Å². The van der Waals surface area contributed by atoms with Crippen LogP contribution in [0.1, 0.15) is 16.2 Å². The zero-order chi connectivity index (χ0) is 11.9. The lowest BCUT2D eigenvalue weighted by molar-refractivity contribution is 0.0685. The van der Waals surface area contributed by atoms with Crippen molar-refractivity contribution in [1.82, 2.24) is 19.6 Å². The molecule has 16 heavy (non-hydrogen) atoms. The van der Waals surface area contributed by atoms with Gasteiger partial charge in [0.2, 0.25) is 0 Å². The normalized spacial score (nSPS) is 10.7.